The van der Waals surface area contributed by atoms with Gasteiger partial charge in [0.2, 0.25) is 0 Å². The zero-order valence-corrected chi connectivity index (χ0v) is 12.4. The van der Waals surface area contributed by atoms with E-state index in [2.05, 4.69) is 10.1 Å². The number of hydrogen-bond acceptors (Lipinski definition) is 3. The molecular weight excluding hydrogens is 262 g/mol. The van der Waals surface area contributed by atoms with Crippen molar-refractivity contribution in [1.29, 1.82) is 0 Å². The van der Waals surface area contributed by atoms with Gasteiger partial charge in [0.1, 0.15) is 0 Å². The molecule has 0 spiro atoms. The summed E-state index contributed by atoms with van der Waals surface area (Å²) in [5.74, 6) is 0.0988. The number of fused-ring (bicyclic) bond motifs is 1. The first kappa shape index (κ1) is 13.5. The van der Waals surface area contributed by atoms with E-state index < -0.39 is 0 Å². The van der Waals surface area contributed by atoms with Gasteiger partial charge in [-0.1, -0.05) is 18.2 Å². The van der Waals surface area contributed by atoms with Crippen LogP contribution in [-0.4, -0.2) is 20.5 Å². The van der Waals surface area contributed by atoms with E-state index in [1.54, 1.807) is 6.20 Å². The summed E-state index contributed by atoms with van der Waals surface area (Å²) in [5.41, 5.74) is 4.53. The number of carbonyl (C=O) groups excluding carboxylic acids is 1. The summed E-state index contributed by atoms with van der Waals surface area (Å²) in [4.78, 5) is 16.8. The molecule has 0 saturated carbocycles. The van der Waals surface area contributed by atoms with Crippen molar-refractivity contribution < 1.29 is 4.79 Å². The van der Waals surface area contributed by atoms with Crippen LogP contribution in [0.15, 0.2) is 36.5 Å². The molecule has 1 aromatic carbocycles. The number of nitrogens with zero attached hydrogens (tertiary/aromatic N) is 3. The highest BCUT2D eigenvalue weighted by atomic mass is 16.1. The molecule has 0 N–H and O–H groups in total. The highest BCUT2D eigenvalue weighted by Crippen LogP contribution is 2.18. The van der Waals surface area contributed by atoms with E-state index in [9.17, 15) is 4.79 Å². The minimum absolute atomic E-state index is 0.0988. The molecule has 0 fully saturated rings. The van der Waals surface area contributed by atoms with Gasteiger partial charge in [-0.05, 0) is 26.0 Å². The molecule has 4 heteroatoms. The van der Waals surface area contributed by atoms with Crippen molar-refractivity contribution in [3.05, 3.63) is 59.0 Å². The lowest BCUT2D eigenvalue weighted by molar-refractivity contribution is 0.0992. The van der Waals surface area contributed by atoms with Crippen LogP contribution in [0.3, 0.4) is 0 Å². The van der Waals surface area contributed by atoms with Gasteiger partial charge in [0.25, 0.3) is 0 Å². The van der Waals surface area contributed by atoms with E-state index in [0.717, 1.165) is 27.9 Å². The Hall–Kier alpha value is -2.49. The molecule has 4 nitrogen and oxygen atoms in total. The van der Waals surface area contributed by atoms with Crippen LogP contribution in [0.1, 0.15) is 27.3 Å². The minimum atomic E-state index is 0.0988. The fraction of sp³-hybridized carbons (Fsp3) is 0.235. The first-order chi connectivity index (χ1) is 10.1. The number of carbonyl (C=O) groups is 1. The van der Waals surface area contributed by atoms with Crippen molar-refractivity contribution in [2.75, 3.05) is 0 Å². The van der Waals surface area contributed by atoms with Crippen LogP contribution in [0.2, 0.25) is 0 Å². The summed E-state index contributed by atoms with van der Waals surface area (Å²) in [7, 11) is 1.90. The predicted octanol–water partition coefficient (Wildman–Crippen LogP) is 3.01. The van der Waals surface area contributed by atoms with E-state index in [1.807, 2.05) is 55.9 Å². The Kier molecular flexibility index (Phi) is 3.29. The Morgan fingerprint density at radius 3 is 2.76 bits per heavy atom. The second-order valence-electron chi connectivity index (χ2n) is 5.28. The van der Waals surface area contributed by atoms with Crippen LogP contribution in [0.25, 0.3) is 10.9 Å². The van der Waals surface area contributed by atoms with Gasteiger partial charge >= 0.3 is 0 Å². The first-order valence-corrected chi connectivity index (χ1v) is 6.93. The molecule has 106 valence electrons. The third-order valence-electron chi connectivity index (χ3n) is 3.92. The Morgan fingerprint density at radius 1 is 1.24 bits per heavy atom. The molecule has 0 radical (unpaired) electrons. The number of ketones is 1. The summed E-state index contributed by atoms with van der Waals surface area (Å²) < 4.78 is 1.82. The van der Waals surface area contributed by atoms with E-state index in [0.29, 0.717) is 12.0 Å². The van der Waals surface area contributed by atoms with Crippen molar-refractivity contribution in [3.8, 4) is 0 Å². The number of aryl methyl sites for hydroxylation is 2. The van der Waals surface area contributed by atoms with Crippen molar-refractivity contribution >= 4 is 16.7 Å². The molecule has 2 aromatic heterocycles. The Balaban J connectivity index is 1.93. The Bertz CT molecular complexity index is 833. The largest absolute Gasteiger partial charge is 0.294 e. The van der Waals surface area contributed by atoms with Gasteiger partial charge in [-0.25, -0.2) is 0 Å². The number of Topliss-reactive ketones (excluding diaryl/α,β-unsaturated/α-hetero) is 1. The molecule has 0 atom stereocenters. The molecule has 3 aromatic rings. The molecule has 0 aliphatic rings. The highest BCUT2D eigenvalue weighted by Gasteiger charge is 2.15. The third-order valence-corrected chi connectivity index (χ3v) is 3.92. The van der Waals surface area contributed by atoms with Crippen LogP contribution in [0.4, 0.5) is 0 Å². The van der Waals surface area contributed by atoms with Gasteiger partial charge in [0.15, 0.2) is 5.78 Å². The van der Waals surface area contributed by atoms with E-state index in [4.69, 9.17) is 0 Å². The van der Waals surface area contributed by atoms with Crippen molar-refractivity contribution in [1.82, 2.24) is 14.8 Å². The van der Waals surface area contributed by atoms with E-state index in [1.165, 1.54) is 0 Å². The van der Waals surface area contributed by atoms with Gasteiger partial charge in [-0.2, -0.15) is 5.10 Å². The third kappa shape index (κ3) is 2.44. The average molecular weight is 279 g/mol. The molecule has 0 aliphatic carbocycles. The predicted molar refractivity (Wildman–Crippen MR) is 82.5 cm³/mol. The Labute approximate surface area is 123 Å². The fourth-order valence-corrected chi connectivity index (χ4v) is 2.58. The number of pyridine rings is 1. The molecule has 0 unspecified atom stereocenters. The average Bonchev–Trinajstić information content (AvgIpc) is 2.73. The van der Waals surface area contributed by atoms with Crippen molar-refractivity contribution in [3.63, 3.8) is 0 Å². The summed E-state index contributed by atoms with van der Waals surface area (Å²) >= 11 is 0. The van der Waals surface area contributed by atoms with Crippen molar-refractivity contribution in [2.24, 2.45) is 7.05 Å². The van der Waals surface area contributed by atoms with Crippen LogP contribution in [0.5, 0.6) is 0 Å². The standard InChI is InChI=1S/C17H17N3O/c1-11-15(12(2)20(3)19-11)10-17(21)14-7-6-13-5-4-8-18-16(13)9-14/h4-9H,10H2,1-3H3. The number of hydrogen-bond donors (Lipinski definition) is 0. The number of aromatic nitrogens is 3. The highest BCUT2D eigenvalue weighted by molar-refractivity contribution is 6.00. The quantitative estimate of drug-likeness (QED) is 0.692. The lowest BCUT2D eigenvalue weighted by Gasteiger charge is -2.04. The first-order valence-electron chi connectivity index (χ1n) is 6.93. The fourth-order valence-electron chi connectivity index (χ4n) is 2.58. The normalized spacial score (nSPS) is 11.0. The second kappa shape index (κ2) is 5.13. The number of rotatable bonds is 3. The van der Waals surface area contributed by atoms with Crippen molar-refractivity contribution in [2.45, 2.75) is 20.3 Å². The number of benzene rings is 1. The monoisotopic (exact) mass is 279 g/mol. The van der Waals surface area contributed by atoms with Gasteiger partial charge in [0.05, 0.1) is 11.2 Å². The Morgan fingerprint density at radius 2 is 2.05 bits per heavy atom. The van der Waals surface area contributed by atoms with E-state index >= 15 is 0 Å². The minimum Gasteiger partial charge on any atom is -0.294 e. The maximum Gasteiger partial charge on any atom is 0.167 e. The summed E-state index contributed by atoms with van der Waals surface area (Å²) in [6, 6.07) is 9.56. The van der Waals surface area contributed by atoms with Gasteiger partial charge in [-0.3, -0.25) is 14.5 Å². The molecule has 21 heavy (non-hydrogen) atoms. The van der Waals surface area contributed by atoms with Crippen LogP contribution in [-0.2, 0) is 13.5 Å². The van der Waals surface area contributed by atoms with Gasteiger partial charge < -0.3 is 0 Å². The van der Waals surface area contributed by atoms with E-state index in [-0.39, 0.29) is 5.78 Å². The zero-order valence-electron chi connectivity index (χ0n) is 12.4. The molecule has 0 saturated heterocycles. The molecular formula is C17H17N3O. The lowest BCUT2D eigenvalue weighted by Crippen LogP contribution is -2.05. The van der Waals surface area contributed by atoms with Crippen LogP contribution < -0.4 is 0 Å². The van der Waals surface area contributed by atoms with Gasteiger partial charge in [0, 0.05) is 41.9 Å². The van der Waals surface area contributed by atoms with Crippen LogP contribution in [0, 0.1) is 13.8 Å². The molecule has 2 heterocycles. The molecule has 0 amide bonds. The second-order valence-corrected chi connectivity index (χ2v) is 5.28. The van der Waals surface area contributed by atoms with Gasteiger partial charge in [-0.15, -0.1) is 0 Å². The summed E-state index contributed by atoms with van der Waals surface area (Å²) in [6.07, 6.45) is 2.12. The summed E-state index contributed by atoms with van der Waals surface area (Å²) in [5, 5.41) is 5.40. The lowest BCUT2D eigenvalue weighted by atomic mass is 10.0. The molecule has 3 rings (SSSR count). The zero-order chi connectivity index (χ0) is 15.0. The topological polar surface area (TPSA) is 47.8 Å². The molecule has 0 bridgehead atoms. The van der Waals surface area contributed by atoms with Crippen LogP contribution >= 0.6 is 0 Å². The smallest absolute Gasteiger partial charge is 0.167 e. The summed E-state index contributed by atoms with van der Waals surface area (Å²) in [6.45, 7) is 3.93. The maximum atomic E-state index is 12.5. The molecule has 0 aliphatic heterocycles. The maximum absolute atomic E-state index is 12.5. The SMILES string of the molecule is Cc1nn(C)c(C)c1CC(=O)c1ccc2cccnc2c1.